The highest BCUT2D eigenvalue weighted by Gasteiger charge is 2.02. The van der Waals surface area contributed by atoms with Gasteiger partial charge in [0.2, 0.25) is 10.0 Å². The van der Waals surface area contributed by atoms with Crippen molar-refractivity contribution >= 4 is 15.9 Å². The number of amides is 1. The third-order valence-electron chi connectivity index (χ3n) is 0.409. The van der Waals surface area contributed by atoms with Crippen LogP contribution in [0.2, 0.25) is 0 Å². The summed E-state index contributed by atoms with van der Waals surface area (Å²) < 4.78 is 21.9. The molecule has 0 aromatic carbocycles. The third-order valence-corrected chi connectivity index (χ3v) is 0.965. The van der Waals surface area contributed by atoms with Crippen molar-refractivity contribution in [3.8, 4) is 12.3 Å². The fourth-order valence-electron chi connectivity index (χ4n) is 0.198. The minimum atomic E-state index is -3.48. The number of hydrogen-bond acceptors (Lipinski definition) is 3. The van der Waals surface area contributed by atoms with Gasteiger partial charge in [-0.1, -0.05) is 0 Å². The summed E-state index contributed by atoms with van der Waals surface area (Å²) in [5, 5.41) is 0. The van der Waals surface area contributed by atoms with Gasteiger partial charge in [-0.3, -0.25) is 4.79 Å². The van der Waals surface area contributed by atoms with Crippen molar-refractivity contribution in [3.63, 3.8) is 0 Å². The molecular formula is C4H5NO3S. The van der Waals surface area contributed by atoms with E-state index in [1.807, 2.05) is 0 Å². The molecular weight excluding hydrogens is 142 g/mol. The summed E-state index contributed by atoms with van der Waals surface area (Å²) in [5.41, 5.74) is 0. The van der Waals surface area contributed by atoms with Crippen LogP contribution in [0, 0.1) is 12.3 Å². The Kier molecular flexibility index (Phi) is 2.22. The molecule has 0 unspecified atom stereocenters. The predicted octanol–water partition coefficient (Wildman–Crippen LogP) is -1.30. The van der Waals surface area contributed by atoms with Crippen molar-refractivity contribution in [2.75, 3.05) is 6.26 Å². The van der Waals surface area contributed by atoms with Crippen LogP contribution in [-0.2, 0) is 14.8 Å². The van der Waals surface area contributed by atoms with Gasteiger partial charge in [0.25, 0.3) is 0 Å². The van der Waals surface area contributed by atoms with E-state index in [0.717, 1.165) is 6.26 Å². The third kappa shape index (κ3) is 4.84. The minimum absolute atomic E-state index is 0.849. The SMILES string of the molecule is C#CC(=O)NS(C)(=O)=O. The Morgan fingerprint density at radius 3 is 2.22 bits per heavy atom. The van der Waals surface area contributed by atoms with Crippen molar-refractivity contribution in [2.24, 2.45) is 0 Å². The number of terminal acetylenes is 1. The molecule has 0 saturated carbocycles. The molecule has 0 aromatic rings. The molecule has 0 rings (SSSR count). The first-order valence-electron chi connectivity index (χ1n) is 1.94. The Balaban J connectivity index is 4.12. The second kappa shape index (κ2) is 2.51. The lowest BCUT2D eigenvalue weighted by atomic mass is 10.7. The first kappa shape index (κ1) is 7.98. The number of nitrogens with one attached hydrogen (secondary N) is 1. The monoisotopic (exact) mass is 147 g/mol. The van der Waals surface area contributed by atoms with Crippen molar-refractivity contribution in [1.29, 1.82) is 0 Å². The lowest BCUT2D eigenvalue weighted by Gasteiger charge is -1.92. The van der Waals surface area contributed by atoms with E-state index >= 15 is 0 Å². The summed E-state index contributed by atoms with van der Waals surface area (Å²) in [6.07, 6.45) is 5.40. The highest BCUT2D eigenvalue weighted by molar-refractivity contribution is 7.89. The van der Waals surface area contributed by atoms with Crippen molar-refractivity contribution in [1.82, 2.24) is 4.72 Å². The lowest BCUT2D eigenvalue weighted by Crippen LogP contribution is -2.27. The van der Waals surface area contributed by atoms with E-state index in [1.54, 1.807) is 10.6 Å². The molecule has 0 heterocycles. The fraction of sp³-hybridized carbons (Fsp3) is 0.250. The molecule has 0 aliphatic rings. The summed E-state index contributed by atoms with van der Waals surface area (Å²) in [6, 6.07) is 0. The zero-order valence-electron chi connectivity index (χ0n) is 4.71. The molecule has 4 nitrogen and oxygen atoms in total. The molecule has 0 radical (unpaired) electrons. The molecule has 0 aliphatic heterocycles. The van der Waals surface area contributed by atoms with Crippen LogP contribution >= 0.6 is 0 Å². The van der Waals surface area contributed by atoms with Gasteiger partial charge < -0.3 is 0 Å². The maximum absolute atomic E-state index is 10.2. The quantitative estimate of drug-likeness (QED) is 0.469. The fourth-order valence-corrected chi connectivity index (χ4v) is 0.594. The zero-order chi connectivity index (χ0) is 7.49. The zero-order valence-corrected chi connectivity index (χ0v) is 5.53. The van der Waals surface area contributed by atoms with Crippen LogP contribution in [0.4, 0.5) is 0 Å². The Labute approximate surface area is 53.3 Å². The summed E-state index contributed by atoms with van der Waals surface area (Å²) in [6.45, 7) is 0. The molecule has 0 spiro atoms. The van der Waals surface area contributed by atoms with E-state index in [2.05, 4.69) is 6.42 Å². The van der Waals surface area contributed by atoms with Crippen LogP contribution < -0.4 is 4.72 Å². The van der Waals surface area contributed by atoms with Crippen LogP contribution in [0.25, 0.3) is 0 Å². The van der Waals surface area contributed by atoms with Crippen molar-refractivity contribution in [3.05, 3.63) is 0 Å². The van der Waals surface area contributed by atoms with Gasteiger partial charge in [-0.2, -0.15) is 0 Å². The number of sulfonamides is 1. The van der Waals surface area contributed by atoms with Crippen molar-refractivity contribution in [2.45, 2.75) is 0 Å². The molecule has 5 heteroatoms. The van der Waals surface area contributed by atoms with Crippen LogP contribution in [0.1, 0.15) is 0 Å². The number of rotatable bonds is 1. The van der Waals surface area contributed by atoms with Gasteiger partial charge in [0.15, 0.2) is 0 Å². The lowest BCUT2D eigenvalue weighted by molar-refractivity contribution is -0.114. The standard InChI is InChI=1S/C4H5NO3S/c1-3-4(6)5-9(2,7)8/h1H,2H3,(H,5,6). The van der Waals surface area contributed by atoms with Crippen LogP contribution in [-0.4, -0.2) is 20.6 Å². The minimum Gasteiger partial charge on any atom is -0.258 e. The van der Waals surface area contributed by atoms with Gasteiger partial charge in [0, 0.05) is 0 Å². The van der Waals surface area contributed by atoms with E-state index in [1.165, 1.54) is 0 Å². The highest BCUT2D eigenvalue weighted by atomic mass is 32.2. The highest BCUT2D eigenvalue weighted by Crippen LogP contribution is 1.71. The molecule has 0 saturated heterocycles. The predicted molar refractivity (Wildman–Crippen MR) is 31.8 cm³/mol. The Bertz CT molecular complexity index is 245. The molecule has 0 aliphatic carbocycles. The first-order chi connectivity index (χ1) is 3.95. The Morgan fingerprint density at radius 2 is 2.11 bits per heavy atom. The molecule has 1 N–H and O–H groups in total. The molecule has 50 valence electrons. The van der Waals surface area contributed by atoms with Crippen LogP contribution in [0.5, 0.6) is 0 Å². The maximum atomic E-state index is 10.2. The normalized spacial score (nSPS) is 9.78. The first-order valence-corrected chi connectivity index (χ1v) is 3.83. The Morgan fingerprint density at radius 1 is 1.67 bits per heavy atom. The molecule has 9 heavy (non-hydrogen) atoms. The van der Waals surface area contributed by atoms with E-state index in [9.17, 15) is 13.2 Å². The number of carbonyl (C=O) groups excluding carboxylic acids is 1. The maximum Gasteiger partial charge on any atom is 0.309 e. The van der Waals surface area contributed by atoms with Crippen molar-refractivity contribution < 1.29 is 13.2 Å². The molecule has 0 fully saturated rings. The summed E-state index contributed by atoms with van der Waals surface area (Å²) in [5.74, 6) is 0.646. The summed E-state index contributed by atoms with van der Waals surface area (Å²) in [4.78, 5) is 10.1. The molecule has 0 aromatic heterocycles. The average molecular weight is 147 g/mol. The summed E-state index contributed by atoms with van der Waals surface area (Å²) >= 11 is 0. The molecule has 0 bridgehead atoms. The van der Waals surface area contributed by atoms with Gasteiger partial charge in [-0.05, 0) is 5.92 Å². The number of hydrogen-bond donors (Lipinski definition) is 1. The van der Waals surface area contributed by atoms with E-state index in [0.29, 0.717) is 0 Å². The van der Waals surface area contributed by atoms with E-state index in [4.69, 9.17) is 0 Å². The molecule has 0 atom stereocenters. The second-order valence-electron chi connectivity index (χ2n) is 1.35. The second-order valence-corrected chi connectivity index (χ2v) is 3.10. The number of carbonyl (C=O) groups is 1. The van der Waals surface area contributed by atoms with Gasteiger partial charge in [0.05, 0.1) is 6.26 Å². The van der Waals surface area contributed by atoms with E-state index in [-0.39, 0.29) is 0 Å². The molecule has 1 amide bonds. The van der Waals surface area contributed by atoms with Gasteiger partial charge >= 0.3 is 5.91 Å². The smallest absolute Gasteiger partial charge is 0.258 e. The summed E-state index contributed by atoms with van der Waals surface area (Å²) in [7, 11) is -3.48. The van der Waals surface area contributed by atoms with Gasteiger partial charge in [0.1, 0.15) is 0 Å². The largest absolute Gasteiger partial charge is 0.309 e. The Hall–Kier alpha value is -1.02. The van der Waals surface area contributed by atoms with Crippen LogP contribution in [0.3, 0.4) is 0 Å². The van der Waals surface area contributed by atoms with Gasteiger partial charge in [-0.25, -0.2) is 13.1 Å². The topological polar surface area (TPSA) is 63.2 Å². The van der Waals surface area contributed by atoms with E-state index < -0.39 is 15.9 Å². The van der Waals surface area contributed by atoms with Gasteiger partial charge in [-0.15, -0.1) is 6.42 Å². The average Bonchev–Trinajstić information content (AvgIpc) is 1.62. The van der Waals surface area contributed by atoms with Crippen LogP contribution in [0.15, 0.2) is 0 Å².